The van der Waals surface area contributed by atoms with Crippen molar-refractivity contribution < 1.29 is 57.8 Å². The van der Waals surface area contributed by atoms with Gasteiger partial charge in [-0.25, -0.2) is 9.78 Å². The summed E-state index contributed by atoms with van der Waals surface area (Å²) in [6.45, 7) is 11.8. The number of likely N-dealkylation sites (tertiary alicyclic amines) is 1. The highest BCUT2D eigenvalue weighted by atomic mass is 32.1. The summed E-state index contributed by atoms with van der Waals surface area (Å²) in [5.41, 5.74) is 6.30. The molecule has 424 valence electrons. The van der Waals surface area contributed by atoms with Crippen molar-refractivity contribution in [3.63, 3.8) is 0 Å². The fourth-order valence-corrected chi connectivity index (χ4v) is 10.3. The zero-order valence-electron chi connectivity index (χ0n) is 45.8. The molecule has 1 saturated heterocycles. The van der Waals surface area contributed by atoms with Crippen LogP contribution in [0.1, 0.15) is 146 Å². The molecule has 9 amide bonds. The lowest BCUT2D eigenvalue weighted by Crippen LogP contribution is -2.58. The highest BCUT2D eigenvalue weighted by Crippen LogP contribution is 2.31. The number of primary amides is 1. The Balaban J connectivity index is 1.43. The SMILES string of the molecule is CC[C@H](C)[C@H](NC(=O)[C@H]1CCCCN1C)C(=O)N(C)[C@H](C[C@@H](OC(C)=O)c1nc(C(=O)N[C@@H](Cc2ccc(NC(=O)[C@H](CCCNC(N)=O)NC(=O)CCCCCN3C(=O)C=CC3=O)cc2)CC(C)C(=O)O)cs1)C(C)C. The van der Waals surface area contributed by atoms with E-state index >= 15 is 0 Å². The number of benzene rings is 1. The van der Waals surface area contributed by atoms with Gasteiger partial charge in [0.15, 0.2) is 6.10 Å². The van der Waals surface area contributed by atoms with Crippen LogP contribution in [0.15, 0.2) is 41.8 Å². The van der Waals surface area contributed by atoms with Crippen LogP contribution in [0.2, 0.25) is 0 Å². The lowest BCUT2D eigenvalue weighted by molar-refractivity contribution is -0.149. The predicted molar refractivity (Wildman–Crippen MR) is 289 cm³/mol. The summed E-state index contributed by atoms with van der Waals surface area (Å²) in [7, 11) is 3.60. The van der Waals surface area contributed by atoms with E-state index in [0.717, 1.165) is 35.6 Å². The van der Waals surface area contributed by atoms with Crippen molar-refractivity contribution in [1.29, 1.82) is 0 Å². The van der Waals surface area contributed by atoms with Crippen LogP contribution >= 0.6 is 11.3 Å². The predicted octanol–water partition coefficient (Wildman–Crippen LogP) is 4.44. The van der Waals surface area contributed by atoms with Crippen molar-refractivity contribution in [1.82, 2.24) is 41.0 Å². The molecule has 0 aliphatic carbocycles. The molecule has 77 heavy (non-hydrogen) atoms. The monoisotopic (exact) mass is 1090 g/mol. The van der Waals surface area contributed by atoms with Crippen LogP contribution in [0.25, 0.3) is 0 Å². The fraction of sp³-hybridized carbons (Fsp3) is 0.611. The number of carboxylic acids is 1. The van der Waals surface area contributed by atoms with Crippen molar-refractivity contribution in [2.45, 2.75) is 161 Å². The second-order valence-electron chi connectivity index (χ2n) is 20.6. The maximum absolute atomic E-state index is 14.4. The van der Waals surface area contributed by atoms with E-state index in [1.54, 1.807) is 36.2 Å². The summed E-state index contributed by atoms with van der Waals surface area (Å²) < 4.78 is 5.81. The Morgan fingerprint density at radius 2 is 1.61 bits per heavy atom. The van der Waals surface area contributed by atoms with Crippen LogP contribution in [0.5, 0.6) is 0 Å². The summed E-state index contributed by atoms with van der Waals surface area (Å²) in [5.74, 6) is -5.46. The molecule has 2 aliphatic rings. The lowest BCUT2D eigenvalue weighted by Gasteiger charge is -2.38. The van der Waals surface area contributed by atoms with Crippen LogP contribution in [0, 0.1) is 17.8 Å². The van der Waals surface area contributed by atoms with Crippen LogP contribution in [0.4, 0.5) is 10.5 Å². The quantitative estimate of drug-likeness (QED) is 0.0312. The Kier molecular flexibility index (Phi) is 25.2. The van der Waals surface area contributed by atoms with Gasteiger partial charge in [-0.05, 0) is 94.5 Å². The highest BCUT2D eigenvalue weighted by molar-refractivity contribution is 7.09. The molecule has 0 spiro atoms. The third-order valence-corrected chi connectivity index (χ3v) is 15.1. The average Bonchev–Trinajstić information content (AvgIpc) is 4.00. The van der Waals surface area contributed by atoms with Crippen LogP contribution in [-0.4, -0.2) is 148 Å². The van der Waals surface area contributed by atoms with Crippen molar-refractivity contribution >= 4 is 76.3 Å². The number of ether oxygens (including phenoxy) is 1. The van der Waals surface area contributed by atoms with Crippen LogP contribution < -0.4 is 32.3 Å². The minimum Gasteiger partial charge on any atom is -0.481 e. The second kappa shape index (κ2) is 30.9. The van der Waals surface area contributed by atoms with Crippen molar-refractivity contribution in [3.8, 4) is 0 Å². The van der Waals surface area contributed by atoms with E-state index in [0.29, 0.717) is 54.8 Å². The molecule has 1 unspecified atom stereocenters. The number of urea groups is 1. The molecule has 8 N–H and O–H groups in total. The number of imide groups is 1. The van der Waals surface area contributed by atoms with Crippen molar-refractivity contribution in [2.24, 2.45) is 23.5 Å². The Morgan fingerprint density at radius 3 is 2.22 bits per heavy atom. The van der Waals surface area contributed by atoms with Gasteiger partial charge < -0.3 is 47.1 Å². The van der Waals surface area contributed by atoms with Gasteiger partial charge in [-0.15, -0.1) is 11.3 Å². The van der Waals surface area contributed by atoms with E-state index < -0.39 is 66.0 Å². The third kappa shape index (κ3) is 20.0. The lowest BCUT2D eigenvalue weighted by atomic mass is 9.92. The number of unbranched alkanes of at least 4 members (excludes halogenated alkanes) is 2. The molecule has 23 heteroatoms. The van der Waals surface area contributed by atoms with Gasteiger partial charge in [0.25, 0.3) is 17.7 Å². The summed E-state index contributed by atoms with van der Waals surface area (Å²) in [4.78, 5) is 137. The summed E-state index contributed by atoms with van der Waals surface area (Å²) >= 11 is 1.11. The van der Waals surface area contributed by atoms with Gasteiger partial charge in [0.1, 0.15) is 22.8 Å². The molecule has 22 nitrogen and oxygen atoms in total. The van der Waals surface area contributed by atoms with Gasteiger partial charge in [0.05, 0.1) is 12.0 Å². The van der Waals surface area contributed by atoms with E-state index in [9.17, 15) is 53.1 Å². The van der Waals surface area contributed by atoms with Gasteiger partial charge in [-0.3, -0.25) is 53.0 Å². The topological polar surface area (TPSA) is 309 Å². The van der Waals surface area contributed by atoms with E-state index in [-0.39, 0.29) is 98.3 Å². The molecule has 2 aromatic rings. The number of aromatic nitrogens is 1. The Bertz CT molecular complexity index is 2400. The highest BCUT2D eigenvalue weighted by Gasteiger charge is 2.38. The molecule has 0 bridgehead atoms. The summed E-state index contributed by atoms with van der Waals surface area (Å²) in [6, 6.07) is 2.73. The second-order valence-corrected chi connectivity index (χ2v) is 21.5. The molecule has 1 aromatic heterocycles. The smallest absolute Gasteiger partial charge is 0.312 e. The van der Waals surface area contributed by atoms with Gasteiger partial charge in [0, 0.05) is 75.2 Å². The Hall–Kier alpha value is -6.75. The summed E-state index contributed by atoms with van der Waals surface area (Å²) in [5, 5.41) is 25.7. The number of carbonyl (C=O) groups excluding carboxylic acids is 9. The number of rotatable bonds is 31. The normalized spacial score (nSPS) is 17.3. The number of hydrogen-bond acceptors (Lipinski definition) is 14. The molecule has 0 radical (unpaired) electrons. The summed E-state index contributed by atoms with van der Waals surface area (Å²) in [6.07, 6.45) is 7.29. The standard InChI is InChI=1S/C54H80N10O12S/c1-9-33(4)47(61-50(71)41-17-12-14-26-62(41)7)52(72)63(8)42(32(2)3)30-43(76-35(6)65)51-60-40(31-77-51)49(70)58-38(28-34(5)53(73)74)29-36-19-21-37(22-20-36)57-48(69)39(16-15-25-56-54(55)75)59-44(66)18-11-10-13-27-64-45(67)23-24-46(64)68/h19-24,31-34,38-39,41-43,47H,9-18,25-30H2,1-8H3,(H,57,69)(H,58,70)(H,59,66)(H,61,71)(H,73,74)(H3,55,56,75)/t33-,34?,38+,39-,41+,42+,43+,47-/m0/s1. The van der Waals surface area contributed by atoms with E-state index in [1.165, 1.54) is 31.4 Å². The number of esters is 1. The first-order valence-corrected chi connectivity index (χ1v) is 27.6. The first-order valence-electron chi connectivity index (χ1n) is 26.7. The molecular formula is C54H80N10O12S. The molecule has 4 rings (SSSR count). The van der Waals surface area contributed by atoms with Gasteiger partial charge >= 0.3 is 18.0 Å². The number of thiazole rings is 1. The van der Waals surface area contributed by atoms with Crippen molar-refractivity contribution in [3.05, 3.63) is 58.1 Å². The number of likely N-dealkylation sites (N-methyl/N-ethyl adjacent to an activating group) is 2. The van der Waals surface area contributed by atoms with Gasteiger partial charge in [-0.2, -0.15) is 0 Å². The van der Waals surface area contributed by atoms with E-state index in [2.05, 4.69) is 31.6 Å². The number of hydrogen-bond donors (Lipinski definition) is 7. The number of piperidine rings is 1. The molecule has 3 heterocycles. The molecule has 1 aromatic carbocycles. The van der Waals surface area contributed by atoms with E-state index in [4.69, 9.17) is 10.5 Å². The molecule has 0 saturated carbocycles. The zero-order valence-corrected chi connectivity index (χ0v) is 46.6. The number of carbonyl (C=O) groups is 10. The number of amides is 9. The Morgan fingerprint density at radius 1 is 0.922 bits per heavy atom. The number of anilines is 1. The molecular weight excluding hydrogens is 1010 g/mol. The Labute approximate surface area is 455 Å². The third-order valence-electron chi connectivity index (χ3n) is 14.2. The van der Waals surface area contributed by atoms with Gasteiger partial charge in [0.2, 0.25) is 23.6 Å². The van der Waals surface area contributed by atoms with Crippen LogP contribution in [0.3, 0.4) is 0 Å². The molecule has 1 fully saturated rings. The van der Waals surface area contributed by atoms with Crippen LogP contribution in [-0.2, 0) is 49.5 Å². The minimum atomic E-state index is -1.06. The first-order chi connectivity index (χ1) is 36.5. The first kappa shape index (κ1) is 62.8. The van der Waals surface area contributed by atoms with E-state index in [1.807, 2.05) is 39.6 Å². The number of aliphatic carboxylic acids is 1. The van der Waals surface area contributed by atoms with Crippen molar-refractivity contribution in [2.75, 3.05) is 39.0 Å². The maximum Gasteiger partial charge on any atom is 0.312 e. The zero-order chi connectivity index (χ0) is 56.9. The largest absolute Gasteiger partial charge is 0.481 e. The number of nitrogens with two attached hydrogens (primary N) is 1. The number of nitrogens with zero attached hydrogens (tertiary/aromatic N) is 4. The maximum atomic E-state index is 14.4. The number of nitrogens with one attached hydrogen (secondary N) is 5. The average molecular weight is 1090 g/mol. The number of carboxylic acid groups (broad SMARTS) is 1. The molecule has 8 atom stereocenters. The minimum absolute atomic E-state index is 0.0173. The fourth-order valence-electron chi connectivity index (χ4n) is 9.41. The van der Waals surface area contributed by atoms with Gasteiger partial charge in [-0.1, -0.05) is 66.0 Å². The molecule has 2 aliphatic heterocycles.